The molecular formula is C11H13N3O. The summed E-state index contributed by atoms with van der Waals surface area (Å²) in [7, 11) is 3.51. The van der Waals surface area contributed by atoms with Gasteiger partial charge in [-0.2, -0.15) is 5.10 Å². The maximum absolute atomic E-state index is 5.83. The van der Waals surface area contributed by atoms with Crippen molar-refractivity contribution in [3.8, 4) is 17.0 Å². The lowest BCUT2D eigenvalue weighted by molar-refractivity contribution is 0.417. The van der Waals surface area contributed by atoms with E-state index in [0.29, 0.717) is 11.4 Å². The summed E-state index contributed by atoms with van der Waals surface area (Å²) < 4.78 is 6.91. The van der Waals surface area contributed by atoms with Gasteiger partial charge in [0.25, 0.3) is 0 Å². The molecule has 1 aromatic carbocycles. The molecule has 0 spiro atoms. The van der Waals surface area contributed by atoms with Gasteiger partial charge in [0.05, 0.1) is 18.5 Å². The molecule has 0 fully saturated rings. The van der Waals surface area contributed by atoms with E-state index in [-0.39, 0.29) is 0 Å². The van der Waals surface area contributed by atoms with Gasteiger partial charge in [-0.15, -0.1) is 0 Å². The van der Waals surface area contributed by atoms with E-state index >= 15 is 0 Å². The van der Waals surface area contributed by atoms with Gasteiger partial charge in [0.15, 0.2) is 0 Å². The fraction of sp³-hybridized carbons (Fsp3) is 0.182. The summed E-state index contributed by atoms with van der Waals surface area (Å²) in [5.41, 5.74) is 8.54. The Morgan fingerprint density at radius 3 is 2.67 bits per heavy atom. The Balaban J connectivity index is 2.47. The normalized spacial score (nSPS) is 10.3. The van der Waals surface area contributed by atoms with Crippen LogP contribution in [0.1, 0.15) is 0 Å². The molecular weight excluding hydrogens is 190 g/mol. The van der Waals surface area contributed by atoms with E-state index in [4.69, 9.17) is 10.5 Å². The fourth-order valence-electron chi connectivity index (χ4n) is 1.55. The molecule has 0 atom stereocenters. The van der Waals surface area contributed by atoms with Crippen LogP contribution in [0.3, 0.4) is 0 Å². The van der Waals surface area contributed by atoms with E-state index in [2.05, 4.69) is 5.10 Å². The van der Waals surface area contributed by atoms with Crippen LogP contribution in [0.25, 0.3) is 11.3 Å². The lowest BCUT2D eigenvalue weighted by atomic mass is 10.1. The largest absolute Gasteiger partial charge is 0.495 e. The number of benzene rings is 1. The molecule has 0 aliphatic rings. The van der Waals surface area contributed by atoms with Crippen LogP contribution in [-0.4, -0.2) is 16.9 Å². The van der Waals surface area contributed by atoms with Crippen molar-refractivity contribution >= 4 is 5.69 Å². The first-order valence-electron chi connectivity index (χ1n) is 4.64. The predicted octanol–water partition coefficient (Wildman–Crippen LogP) is 1.68. The van der Waals surface area contributed by atoms with Crippen LogP contribution in [0.2, 0.25) is 0 Å². The van der Waals surface area contributed by atoms with Crippen LogP contribution >= 0.6 is 0 Å². The van der Waals surface area contributed by atoms with E-state index < -0.39 is 0 Å². The van der Waals surface area contributed by atoms with Crippen LogP contribution in [-0.2, 0) is 7.05 Å². The van der Waals surface area contributed by atoms with Gasteiger partial charge < -0.3 is 10.5 Å². The Bertz CT molecular complexity index is 476. The highest BCUT2D eigenvalue weighted by Crippen LogP contribution is 2.27. The number of anilines is 1. The lowest BCUT2D eigenvalue weighted by Crippen LogP contribution is -1.96. The summed E-state index contributed by atoms with van der Waals surface area (Å²) in [4.78, 5) is 0. The van der Waals surface area contributed by atoms with Gasteiger partial charge in [0.2, 0.25) is 0 Å². The average molecular weight is 203 g/mol. The van der Waals surface area contributed by atoms with Crippen molar-refractivity contribution < 1.29 is 4.74 Å². The lowest BCUT2D eigenvalue weighted by Gasteiger charge is -2.07. The Kier molecular flexibility index (Phi) is 2.33. The predicted molar refractivity (Wildman–Crippen MR) is 59.6 cm³/mol. The van der Waals surface area contributed by atoms with Gasteiger partial charge in [0.1, 0.15) is 5.75 Å². The fourth-order valence-corrected chi connectivity index (χ4v) is 1.55. The van der Waals surface area contributed by atoms with E-state index in [1.165, 1.54) is 0 Å². The van der Waals surface area contributed by atoms with Crippen molar-refractivity contribution in [1.82, 2.24) is 9.78 Å². The Labute approximate surface area is 88.3 Å². The summed E-state index contributed by atoms with van der Waals surface area (Å²) >= 11 is 0. The molecule has 1 aromatic heterocycles. The van der Waals surface area contributed by atoms with E-state index in [1.807, 2.05) is 31.3 Å². The molecule has 1 heterocycles. The number of nitrogen functional groups attached to an aromatic ring is 1. The molecule has 15 heavy (non-hydrogen) atoms. The smallest absolute Gasteiger partial charge is 0.141 e. The Morgan fingerprint density at radius 1 is 1.33 bits per heavy atom. The minimum absolute atomic E-state index is 0.635. The molecule has 4 heteroatoms. The second-order valence-electron chi connectivity index (χ2n) is 3.30. The third-order valence-corrected chi connectivity index (χ3v) is 2.35. The van der Waals surface area contributed by atoms with E-state index in [0.717, 1.165) is 11.3 Å². The van der Waals surface area contributed by atoms with Gasteiger partial charge in [-0.3, -0.25) is 4.68 Å². The molecule has 0 bridgehead atoms. The molecule has 0 radical (unpaired) electrons. The van der Waals surface area contributed by atoms with Crippen molar-refractivity contribution in [2.24, 2.45) is 7.05 Å². The molecule has 2 rings (SSSR count). The van der Waals surface area contributed by atoms with Crippen molar-refractivity contribution in [2.45, 2.75) is 0 Å². The van der Waals surface area contributed by atoms with Crippen molar-refractivity contribution in [2.75, 3.05) is 12.8 Å². The number of aromatic nitrogens is 2. The van der Waals surface area contributed by atoms with E-state index in [9.17, 15) is 0 Å². The molecule has 0 unspecified atom stereocenters. The van der Waals surface area contributed by atoms with Gasteiger partial charge in [0, 0.05) is 18.8 Å². The minimum Gasteiger partial charge on any atom is -0.495 e. The van der Waals surface area contributed by atoms with Gasteiger partial charge in [-0.1, -0.05) is 0 Å². The number of aryl methyl sites for hydroxylation is 1. The highest BCUT2D eigenvalue weighted by molar-refractivity contribution is 5.68. The number of hydrogen-bond acceptors (Lipinski definition) is 3. The zero-order valence-electron chi connectivity index (χ0n) is 8.77. The second kappa shape index (κ2) is 3.65. The quantitative estimate of drug-likeness (QED) is 0.755. The van der Waals surface area contributed by atoms with Gasteiger partial charge in [-0.25, -0.2) is 0 Å². The van der Waals surface area contributed by atoms with Crippen LogP contribution < -0.4 is 10.5 Å². The molecule has 0 saturated carbocycles. The molecule has 78 valence electrons. The molecule has 2 aromatic rings. The zero-order valence-corrected chi connectivity index (χ0v) is 8.77. The summed E-state index contributed by atoms with van der Waals surface area (Å²) in [6.07, 6.45) is 1.76. The molecule has 2 N–H and O–H groups in total. The number of hydrogen-bond donors (Lipinski definition) is 1. The van der Waals surface area contributed by atoms with Crippen LogP contribution in [0.15, 0.2) is 30.5 Å². The van der Waals surface area contributed by atoms with Gasteiger partial charge in [-0.05, 0) is 24.3 Å². The average Bonchev–Trinajstić information content (AvgIpc) is 2.64. The first kappa shape index (κ1) is 9.58. The number of nitrogens with zero attached hydrogens (tertiary/aromatic N) is 2. The summed E-state index contributed by atoms with van der Waals surface area (Å²) in [6, 6.07) is 7.65. The molecule has 0 aliphatic heterocycles. The summed E-state index contributed by atoms with van der Waals surface area (Å²) in [6.45, 7) is 0. The first-order chi connectivity index (χ1) is 7.22. The number of rotatable bonds is 2. The maximum atomic E-state index is 5.83. The highest BCUT2D eigenvalue weighted by Gasteiger charge is 2.05. The highest BCUT2D eigenvalue weighted by atomic mass is 16.5. The van der Waals surface area contributed by atoms with Crippen molar-refractivity contribution in [3.05, 3.63) is 30.5 Å². The number of ether oxygens (including phenoxy) is 1. The zero-order chi connectivity index (χ0) is 10.8. The van der Waals surface area contributed by atoms with Crippen LogP contribution in [0, 0.1) is 0 Å². The minimum atomic E-state index is 0.635. The molecule has 0 saturated heterocycles. The van der Waals surface area contributed by atoms with Crippen LogP contribution in [0.5, 0.6) is 5.75 Å². The Morgan fingerprint density at radius 2 is 2.13 bits per heavy atom. The first-order valence-corrected chi connectivity index (χ1v) is 4.64. The topological polar surface area (TPSA) is 53.1 Å². The van der Waals surface area contributed by atoms with Gasteiger partial charge >= 0.3 is 0 Å². The van der Waals surface area contributed by atoms with E-state index in [1.54, 1.807) is 18.0 Å². The van der Waals surface area contributed by atoms with Crippen LogP contribution in [0.4, 0.5) is 5.69 Å². The molecule has 0 aliphatic carbocycles. The van der Waals surface area contributed by atoms with Crippen molar-refractivity contribution in [3.63, 3.8) is 0 Å². The summed E-state index contributed by atoms with van der Waals surface area (Å²) in [5, 5.41) is 4.11. The van der Waals surface area contributed by atoms with Crippen molar-refractivity contribution in [1.29, 1.82) is 0 Å². The third kappa shape index (κ3) is 1.66. The molecule has 4 nitrogen and oxygen atoms in total. The SMILES string of the molecule is COc1ccc(-c2ccnn2C)cc1N. The monoisotopic (exact) mass is 203 g/mol. The molecule has 0 amide bonds. The number of nitrogens with two attached hydrogens (primary N) is 1. The standard InChI is InChI=1S/C11H13N3O/c1-14-10(5-6-13-14)8-3-4-11(15-2)9(12)7-8/h3-7H,12H2,1-2H3. The number of methoxy groups -OCH3 is 1. The Hall–Kier alpha value is -1.97. The second-order valence-corrected chi connectivity index (χ2v) is 3.30. The summed E-state index contributed by atoms with van der Waals surface area (Å²) in [5.74, 6) is 0.695. The third-order valence-electron chi connectivity index (χ3n) is 2.35. The maximum Gasteiger partial charge on any atom is 0.141 e.